The summed E-state index contributed by atoms with van der Waals surface area (Å²) in [7, 11) is 0. The number of unbranched alkanes of at least 4 members (excludes halogenated alkanes) is 1. The molecule has 2 aliphatic heterocycles. The average molecular weight is 531 g/mol. The molecular formula is C31H34N2O6. The van der Waals surface area contributed by atoms with Gasteiger partial charge in [0.15, 0.2) is 17.6 Å². The molecule has 2 heterocycles. The molecule has 0 radical (unpaired) electrons. The third kappa shape index (κ3) is 5.04. The van der Waals surface area contributed by atoms with E-state index in [1.807, 2.05) is 68.4 Å². The molecule has 3 unspecified atom stereocenters. The van der Waals surface area contributed by atoms with Crippen LogP contribution in [0.2, 0.25) is 0 Å². The van der Waals surface area contributed by atoms with Crippen LogP contribution in [-0.2, 0) is 14.4 Å². The molecule has 204 valence electrons. The first-order chi connectivity index (χ1) is 19.1. The quantitative estimate of drug-likeness (QED) is 0.232. The van der Waals surface area contributed by atoms with Gasteiger partial charge in [-0.1, -0.05) is 49.7 Å². The number of anilines is 2. The van der Waals surface area contributed by atoms with Gasteiger partial charge in [-0.25, -0.2) is 9.96 Å². The van der Waals surface area contributed by atoms with Crippen molar-refractivity contribution in [2.45, 2.75) is 45.8 Å². The maximum absolute atomic E-state index is 14.1. The molecule has 0 spiro atoms. The van der Waals surface area contributed by atoms with E-state index in [1.54, 1.807) is 23.3 Å². The molecule has 2 saturated heterocycles. The van der Waals surface area contributed by atoms with Crippen molar-refractivity contribution in [1.82, 2.24) is 0 Å². The molecular weight excluding hydrogens is 496 g/mol. The zero-order valence-corrected chi connectivity index (χ0v) is 22.5. The van der Waals surface area contributed by atoms with Gasteiger partial charge in [-0.3, -0.25) is 14.4 Å². The highest BCUT2D eigenvalue weighted by atomic mass is 16.7. The van der Waals surface area contributed by atoms with Crippen molar-refractivity contribution >= 4 is 23.2 Å². The van der Waals surface area contributed by atoms with Gasteiger partial charge in [0, 0.05) is 0 Å². The zero-order valence-electron chi connectivity index (χ0n) is 22.5. The van der Waals surface area contributed by atoms with Crippen molar-refractivity contribution in [3.05, 3.63) is 78.4 Å². The summed E-state index contributed by atoms with van der Waals surface area (Å²) in [4.78, 5) is 35.3. The van der Waals surface area contributed by atoms with Crippen LogP contribution in [0.1, 0.15) is 45.2 Å². The third-order valence-electron chi connectivity index (χ3n) is 6.90. The Kier molecular flexibility index (Phi) is 8.02. The van der Waals surface area contributed by atoms with Gasteiger partial charge in [0.05, 0.1) is 37.2 Å². The van der Waals surface area contributed by atoms with Crippen molar-refractivity contribution in [3.8, 4) is 17.2 Å². The molecule has 0 bridgehead atoms. The lowest BCUT2D eigenvalue weighted by Gasteiger charge is -2.29. The Bertz CT molecular complexity index is 1310. The van der Waals surface area contributed by atoms with E-state index in [1.165, 1.54) is 4.90 Å². The summed E-state index contributed by atoms with van der Waals surface area (Å²) in [6.07, 6.45) is 0.981. The van der Waals surface area contributed by atoms with E-state index < -0.39 is 24.0 Å². The Hall–Kier alpha value is -4.04. The number of para-hydroxylation sites is 3. The van der Waals surface area contributed by atoms with Crippen LogP contribution < -0.4 is 24.2 Å². The van der Waals surface area contributed by atoms with Gasteiger partial charge in [0.25, 0.3) is 5.91 Å². The van der Waals surface area contributed by atoms with Crippen molar-refractivity contribution in [2.24, 2.45) is 5.92 Å². The van der Waals surface area contributed by atoms with Crippen molar-refractivity contribution in [2.75, 3.05) is 29.8 Å². The molecule has 3 aromatic carbocycles. The van der Waals surface area contributed by atoms with E-state index in [2.05, 4.69) is 6.92 Å². The average Bonchev–Trinajstić information content (AvgIpc) is 3.46. The minimum atomic E-state index is -0.978. The molecule has 0 N–H and O–H groups in total. The fourth-order valence-corrected chi connectivity index (χ4v) is 5.13. The molecule has 2 aliphatic rings. The molecule has 2 fully saturated rings. The predicted molar refractivity (Wildman–Crippen MR) is 148 cm³/mol. The summed E-state index contributed by atoms with van der Waals surface area (Å²) < 4.78 is 17.7. The molecule has 0 aromatic heterocycles. The standard InChI is InChI=1S/C31H34N2O6/c1-4-7-19-38-25-18-17-21(20-26(25)37-6-3)28-27-29(39-33(28)22-13-9-8-10-14-22)31(35)32(30(27)34)23-15-11-12-16-24(23)36-5-2/h8-18,20,27-29H,4-7,19H2,1-3H3. The Morgan fingerprint density at radius 1 is 0.769 bits per heavy atom. The summed E-state index contributed by atoms with van der Waals surface area (Å²) in [5.74, 6) is 0.209. The van der Waals surface area contributed by atoms with Crippen LogP contribution in [0, 0.1) is 5.92 Å². The largest absolute Gasteiger partial charge is 0.492 e. The van der Waals surface area contributed by atoms with Gasteiger partial charge < -0.3 is 14.2 Å². The van der Waals surface area contributed by atoms with E-state index in [4.69, 9.17) is 19.0 Å². The molecule has 0 aliphatic carbocycles. The van der Waals surface area contributed by atoms with Crippen LogP contribution in [0.5, 0.6) is 17.2 Å². The van der Waals surface area contributed by atoms with Crippen LogP contribution in [0.4, 0.5) is 11.4 Å². The molecule has 2 amide bonds. The maximum Gasteiger partial charge on any atom is 0.266 e. The highest BCUT2D eigenvalue weighted by Crippen LogP contribution is 2.49. The summed E-state index contributed by atoms with van der Waals surface area (Å²) in [6.45, 7) is 7.35. The number of hydrogen-bond acceptors (Lipinski definition) is 7. The topological polar surface area (TPSA) is 77.5 Å². The van der Waals surface area contributed by atoms with Gasteiger partial charge in [-0.15, -0.1) is 0 Å². The SMILES string of the molecule is CCCCOc1ccc(C2C3C(=O)N(c4ccccc4OCC)C(=O)C3ON2c2ccccc2)cc1OCC. The Morgan fingerprint density at radius 2 is 1.49 bits per heavy atom. The number of amides is 2. The van der Waals surface area contributed by atoms with Gasteiger partial charge in [0.2, 0.25) is 5.91 Å². The molecule has 0 saturated carbocycles. The van der Waals surface area contributed by atoms with Gasteiger partial charge >= 0.3 is 0 Å². The molecule has 3 atom stereocenters. The van der Waals surface area contributed by atoms with E-state index in [0.29, 0.717) is 42.8 Å². The number of carbonyl (C=O) groups is 2. The van der Waals surface area contributed by atoms with Crippen LogP contribution >= 0.6 is 0 Å². The predicted octanol–water partition coefficient (Wildman–Crippen LogP) is 5.71. The lowest BCUT2D eigenvalue weighted by Crippen LogP contribution is -2.37. The van der Waals surface area contributed by atoms with Crippen LogP contribution in [-0.4, -0.2) is 37.7 Å². The summed E-state index contributed by atoms with van der Waals surface area (Å²) >= 11 is 0. The second-order valence-electron chi connectivity index (χ2n) is 9.41. The first-order valence-electron chi connectivity index (χ1n) is 13.6. The fraction of sp³-hybridized carbons (Fsp3) is 0.355. The minimum Gasteiger partial charge on any atom is -0.492 e. The second-order valence-corrected chi connectivity index (χ2v) is 9.41. The third-order valence-corrected chi connectivity index (χ3v) is 6.90. The monoisotopic (exact) mass is 530 g/mol. The number of hydrogen-bond donors (Lipinski definition) is 0. The van der Waals surface area contributed by atoms with E-state index in [0.717, 1.165) is 24.1 Å². The summed E-state index contributed by atoms with van der Waals surface area (Å²) in [5.41, 5.74) is 1.96. The van der Waals surface area contributed by atoms with Crippen LogP contribution in [0.15, 0.2) is 72.8 Å². The smallest absolute Gasteiger partial charge is 0.266 e. The number of rotatable bonds is 11. The van der Waals surface area contributed by atoms with Crippen LogP contribution in [0.25, 0.3) is 0 Å². The number of hydroxylamine groups is 1. The Labute approximate surface area is 229 Å². The Balaban J connectivity index is 1.56. The number of benzene rings is 3. The Morgan fingerprint density at radius 3 is 2.23 bits per heavy atom. The van der Waals surface area contributed by atoms with Gasteiger partial charge in [-0.2, -0.15) is 0 Å². The normalized spacial score (nSPS) is 20.3. The number of fused-ring (bicyclic) bond motifs is 1. The van der Waals surface area contributed by atoms with Gasteiger partial charge in [-0.05, 0) is 62.2 Å². The first-order valence-corrected chi connectivity index (χ1v) is 13.6. The molecule has 8 heteroatoms. The molecule has 8 nitrogen and oxygen atoms in total. The summed E-state index contributed by atoms with van der Waals surface area (Å²) in [5, 5.41) is 1.68. The maximum atomic E-state index is 14.1. The number of carbonyl (C=O) groups excluding carboxylic acids is 2. The number of imide groups is 1. The highest BCUT2D eigenvalue weighted by Gasteiger charge is 2.60. The highest BCUT2D eigenvalue weighted by molar-refractivity contribution is 6.24. The lowest BCUT2D eigenvalue weighted by molar-refractivity contribution is -0.126. The zero-order chi connectivity index (χ0) is 27.4. The molecule has 5 rings (SSSR count). The van der Waals surface area contributed by atoms with Crippen molar-refractivity contribution < 1.29 is 28.6 Å². The first kappa shape index (κ1) is 26.6. The number of nitrogens with zero attached hydrogens (tertiary/aromatic N) is 2. The van der Waals surface area contributed by atoms with E-state index in [-0.39, 0.29) is 5.91 Å². The lowest BCUT2D eigenvalue weighted by atomic mass is 9.90. The van der Waals surface area contributed by atoms with Gasteiger partial charge in [0.1, 0.15) is 11.7 Å². The summed E-state index contributed by atoms with van der Waals surface area (Å²) in [6, 6.07) is 21.7. The number of ether oxygens (including phenoxy) is 3. The van der Waals surface area contributed by atoms with Crippen molar-refractivity contribution in [1.29, 1.82) is 0 Å². The van der Waals surface area contributed by atoms with E-state index in [9.17, 15) is 9.59 Å². The fourth-order valence-electron chi connectivity index (χ4n) is 5.13. The molecule has 3 aromatic rings. The van der Waals surface area contributed by atoms with E-state index >= 15 is 0 Å². The van der Waals surface area contributed by atoms with Crippen molar-refractivity contribution in [3.63, 3.8) is 0 Å². The second kappa shape index (κ2) is 11.8. The molecule has 39 heavy (non-hydrogen) atoms. The van der Waals surface area contributed by atoms with Crippen LogP contribution in [0.3, 0.4) is 0 Å². The minimum absolute atomic E-state index is 0.332.